The summed E-state index contributed by atoms with van der Waals surface area (Å²) < 4.78 is 5.84. The second kappa shape index (κ2) is 7.65. The molecule has 0 saturated heterocycles. The minimum Gasteiger partial charge on any atom is -0.456 e. The van der Waals surface area contributed by atoms with Crippen LogP contribution in [0, 0.1) is 0 Å². The van der Waals surface area contributed by atoms with Gasteiger partial charge in [-0.3, -0.25) is 4.98 Å². The van der Waals surface area contributed by atoms with E-state index in [-0.39, 0.29) is 0 Å². The van der Waals surface area contributed by atoms with Crippen LogP contribution < -0.4 is 10.1 Å². The van der Waals surface area contributed by atoms with Gasteiger partial charge in [-0.2, -0.15) is 0 Å². The third-order valence-corrected chi connectivity index (χ3v) is 3.05. The Morgan fingerprint density at radius 3 is 2.50 bits per heavy atom. The highest BCUT2D eigenvalue weighted by atomic mass is 16.5. The lowest BCUT2D eigenvalue weighted by molar-refractivity contribution is 0.478. The Morgan fingerprint density at radius 1 is 1.00 bits per heavy atom. The van der Waals surface area contributed by atoms with Crippen molar-refractivity contribution in [3.63, 3.8) is 0 Å². The van der Waals surface area contributed by atoms with Crippen molar-refractivity contribution in [2.24, 2.45) is 0 Å². The second-order valence-electron chi connectivity index (χ2n) is 4.81. The zero-order valence-electron chi connectivity index (χ0n) is 12.2. The molecular formula is C17H22N2O. The highest BCUT2D eigenvalue weighted by molar-refractivity contribution is 5.33. The molecule has 0 fully saturated rings. The van der Waals surface area contributed by atoms with E-state index >= 15 is 0 Å². The van der Waals surface area contributed by atoms with Gasteiger partial charge in [-0.25, -0.2) is 0 Å². The van der Waals surface area contributed by atoms with Gasteiger partial charge in [0.15, 0.2) is 0 Å². The van der Waals surface area contributed by atoms with E-state index in [2.05, 4.69) is 36.3 Å². The van der Waals surface area contributed by atoms with Crippen molar-refractivity contribution < 1.29 is 4.74 Å². The van der Waals surface area contributed by atoms with Crippen molar-refractivity contribution in [1.29, 1.82) is 0 Å². The van der Waals surface area contributed by atoms with Crippen LogP contribution in [0.4, 0.5) is 0 Å². The largest absolute Gasteiger partial charge is 0.456 e. The zero-order chi connectivity index (χ0) is 14.2. The molecule has 3 heteroatoms. The number of hydrogen-bond acceptors (Lipinski definition) is 3. The van der Waals surface area contributed by atoms with Crippen molar-refractivity contribution in [3.8, 4) is 11.5 Å². The fourth-order valence-corrected chi connectivity index (χ4v) is 2.03. The molecule has 3 nitrogen and oxygen atoms in total. The highest BCUT2D eigenvalue weighted by Crippen LogP contribution is 2.22. The molecule has 1 aromatic carbocycles. The first-order valence-electron chi connectivity index (χ1n) is 7.23. The molecule has 106 valence electrons. The summed E-state index contributed by atoms with van der Waals surface area (Å²) in [5.74, 6) is 1.64. The van der Waals surface area contributed by atoms with E-state index in [1.54, 1.807) is 6.20 Å². The Balaban J connectivity index is 2.01. The number of rotatable bonds is 7. The maximum Gasteiger partial charge on any atom is 0.146 e. The number of pyridine rings is 1. The lowest BCUT2D eigenvalue weighted by Crippen LogP contribution is -2.11. The number of aryl methyl sites for hydroxylation is 1. The number of ether oxygens (including phenoxy) is 1. The van der Waals surface area contributed by atoms with Crippen LogP contribution in [0.25, 0.3) is 0 Å². The first-order valence-corrected chi connectivity index (χ1v) is 7.23. The molecule has 0 aliphatic rings. The summed E-state index contributed by atoms with van der Waals surface area (Å²) in [5, 5.41) is 3.28. The summed E-state index contributed by atoms with van der Waals surface area (Å²) in [7, 11) is 0. The van der Waals surface area contributed by atoms with E-state index in [0.717, 1.165) is 43.0 Å². The molecule has 0 saturated carbocycles. The summed E-state index contributed by atoms with van der Waals surface area (Å²) in [5.41, 5.74) is 2.48. The Kier molecular flexibility index (Phi) is 5.56. The fourth-order valence-electron chi connectivity index (χ4n) is 2.03. The van der Waals surface area contributed by atoms with Crippen molar-refractivity contribution in [1.82, 2.24) is 10.3 Å². The van der Waals surface area contributed by atoms with Crippen LogP contribution in [-0.4, -0.2) is 11.5 Å². The molecule has 0 atom stereocenters. The minimum atomic E-state index is 0.781. The first kappa shape index (κ1) is 14.5. The van der Waals surface area contributed by atoms with Crippen LogP contribution in [0.3, 0.4) is 0 Å². The van der Waals surface area contributed by atoms with Crippen molar-refractivity contribution in [2.45, 2.75) is 33.2 Å². The molecule has 0 unspecified atom stereocenters. The average molecular weight is 270 g/mol. The van der Waals surface area contributed by atoms with E-state index < -0.39 is 0 Å². The van der Waals surface area contributed by atoms with Crippen LogP contribution in [0.2, 0.25) is 0 Å². The summed E-state index contributed by atoms with van der Waals surface area (Å²) >= 11 is 0. The smallest absolute Gasteiger partial charge is 0.146 e. The highest BCUT2D eigenvalue weighted by Gasteiger charge is 2.00. The molecule has 20 heavy (non-hydrogen) atoms. The number of aromatic nitrogens is 1. The molecule has 2 aromatic rings. The van der Waals surface area contributed by atoms with Crippen molar-refractivity contribution >= 4 is 0 Å². The van der Waals surface area contributed by atoms with Crippen LogP contribution in [0.5, 0.6) is 11.5 Å². The quantitative estimate of drug-likeness (QED) is 0.827. The Labute approximate surface area is 121 Å². The lowest BCUT2D eigenvalue weighted by atomic mass is 10.1. The number of nitrogens with one attached hydrogen (secondary N) is 1. The Morgan fingerprint density at radius 2 is 1.80 bits per heavy atom. The average Bonchev–Trinajstić information content (AvgIpc) is 2.48. The number of hydrogen-bond donors (Lipinski definition) is 1. The standard InChI is InChI=1S/C17H22N2O/c1-3-5-14-6-8-16(9-7-14)20-17-10-15(11-18-4-2)12-19-13-17/h6-10,12-13,18H,3-5,11H2,1-2H3. The lowest BCUT2D eigenvalue weighted by Gasteiger charge is -2.08. The predicted octanol–water partition coefficient (Wildman–Crippen LogP) is 3.94. The molecule has 0 amide bonds. The van der Waals surface area contributed by atoms with Gasteiger partial charge in [0.05, 0.1) is 6.20 Å². The van der Waals surface area contributed by atoms with Gasteiger partial charge in [0.25, 0.3) is 0 Å². The molecule has 0 bridgehead atoms. The van der Waals surface area contributed by atoms with Gasteiger partial charge in [-0.1, -0.05) is 32.4 Å². The van der Waals surface area contributed by atoms with E-state index in [9.17, 15) is 0 Å². The van der Waals surface area contributed by atoms with Gasteiger partial charge in [0.2, 0.25) is 0 Å². The molecule has 0 aliphatic heterocycles. The van der Waals surface area contributed by atoms with Gasteiger partial charge in [0.1, 0.15) is 11.5 Å². The summed E-state index contributed by atoms with van der Waals surface area (Å²) in [4.78, 5) is 4.22. The van der Waals surface area contributed by atoms with Crippen LogP contribution in [0.15, 0.2) is 42.7 Å². The number of benzene rings is 1. The summed E-state index contributed by atoms with van der Waals surface area (Å²) in [6.45, 7) is 6.04. The van der Waals surface area contributed by atoms with Gasteiger partial charge in [0, 0.05) is 12.7 Å². The fraction of sp³-hybridized carbons (Fsp3) is 0.353. The monoisotopic (exact) mass is 270 g/mol. The third kappa shape index (κ3) is 4.35. The predicted molar refractivity (Wildman–Crippen MR) is 82.1 cm³/mol. The second-order valence-corrected chi connectivity index (χ2v) is 4.81. The molecule has 1 N–H and O–H groups in total. The van der Waals surface area contributed by atoms with E-state index in [1.807, 2.05) is 24.4 Å². The zero-order valence-corrected chi connectivity index (χ0v) is 12.2. The van der Waals surface area contributed by atoms with Gasteiger partial charge < -0.3 is 10.1 Å². The maximum atomic E-state index is 5.84. The maximum absolute atomic E-state index is 5.84. The summed E-state index contributed by atoms with van der Waals surface area (Å²) in [6, 6.07) is 10.3. The summed E-state index contributed by atoms with van der Waals surface area (Å²) in [6.07, 6.45) is 5.88. The third-order valence-electron chi connectivity index (χ3n) is 3.05. The topological polar surface area (TPSA) is 34.1 Å². The molecule has 1 heterocycles. The molecule has 0 radical (unpaired) electrons. The Bertz CT molecular complexity index is 523. The van der Waals surface area contributed by atoms with Crippen LogP contribution in [-0.2, 0) is 13.0 Å². The minimum absolute atomic E-state index is 0.781. The van der Waals surface area contributed by atoms with Crippen LogP contribution >= 0.6 is 0 Å². The SMILES string of the molecule is CCCc1ccc(Oc2cncc(CNCC)c2)cc1. The van der Waals surface area contributed by atoms with E-state index in [4.69, 9.17) is 4.74 Å². The molecular weight excluding hydrogens is 248 g/mol. The molecule has 2 rings (SSSR count). The van der Waals surface area contributed by atoms with E-state index in [1.165, 1.54) is 5.56 Å². The Hall–Kier alpha value is -1.87. The van der Waals surface area contributed by atoms with Crippen LogP contribution in [0.1, 0.15) is 31.4 Å². The molecule has 0 spiro atoms. The molecule has 1 aromatic heterocycles. The normalized spacial score (nSPS) is 10.5. The first-order chi connectivity index (χ1) is 9.81. The van der Waals surface area contributed by atoms with E-state index in [0.29, 0.717) is 0 Å². The van der Waals surface area contributed by atoms with Crippen molar-refractivity contribution in [3.05, 3.63) is 53.9 Å². The van der Waals surface area contributed by atoms with Gasteiger partial charge >= 0.3 is 0 Å². The van der Waals surface area contributed by atoms with Gasteiger partial charge in [-0.15, -0.1) is 0 Å². The van der Waals surface area contributed by atoms with Crippen molar-refractivity contribution in [2.75, 3.05) is 6.54 Å². The molecule has 0 aliphatic carbocycles. The van der Waals surface area contributed by atoms with Gasteiger partial charge in [-0.05, 0) is 42.3 Å². The number of nitrogens with zero attached hydrogens (tertiary/aromatic N) is 1.